The molecule has 0 unspecified atom stereocenters. The topological polar surface area (TPSA) is 118 Å². The minimum Gasteiger partial charge on any atom is -0.495 e. The van der Waals surface area contributed by atoms with Crippen LogP contribution < -0.4 is 10.1 Å². The van der Waals surface area contributed by atoms with Crippen LogP contribution in [0.3, 0.4) is 0 Å². The summed E-state index contributed by atoms with van der Waals surface area (Å²) >= 11 is 0. The van der Waals surface area contributed by atoms with Gasteiger partial charge in [0.1, 0.15) is 12.1 Å². The molecule has 1 amide bonds. The first-order valence-electron chi connectivity index (χ1n) is 11.4. The molecule has 1 atom stereocenters. The molecule has 0 aliphatic heterocycles. The van der Waals surface area contributed by atoms with Crippen LogP contribution in [0.15, 0.2) is 49.2 Å². The van der Waals surface area contributed by atoms with Crippen LogP contribution in [0, 0.1) is 0 Å². The van der Waals surface area contributed by atoms with Crippen molar-refractivity contribution in [3.63, 3.8) is 0 Å². The third kappa shape index (κ3) is 5.05. The quantitative estimate of drug-likeness (QED) is 0.325. The Hall–Kier alpha value is -4.19. The lowest BCUT2D eigenvalue weighted by Gasteiger charge is -2.15. The number of methoxy groups -OCH3 is 1. The van der Waals surface area contributed by atoms with Gasteiger partial charge in [0.15, 0.2) is 5.69 Å². The first kappa shape index (κ1) is 25.9. The molecule has 4 rings (SSSR count). The summed E-state index contributed by atoms with van der Waals surface area (Å²) in [5.41, 5.74) is 0.800. The van der Waals surface area contributed by atoms with Gasteiger partial charge >= 0.3 is 6.18 Å². The van der Waals surface area contributed by atoms with Crippen molar-refractivity contribution in [1.82, 2.24) is 30.0 Å². The lowest BCUT2D eigenvalue weighted by atomic mass is 9.95. The molecule has 3 N–H and O–H groups in total. The number of amides is 1. The number of rotatable bonds is 8. The van der Waals surface area contributed by atoms with Crippen molar-refractivity contribution in [2.24, 2.45) is 0 Å². The van der Waals surface area contributed by atoms with E-state index in [0.717, 1.165) is 10.9 Å². The summed E-state index contributed by atoms with van der Waals surface area (Å²) < 4.78 is 49.0. The van der Waals surface area contributed by atoms with Gasteiger partial charge in [-0.15, -0.1) is 0 Å². The Kier molecular flexibility index (Phi) is 7.30. The molecule has 12 heteroatoms. The molecule has 4 aromatic rings. The number of ether oxygens (including phenoxy) is 1. The highest BCUT2D eigenvalue weighted by molar-refractivity contribution is 6.01. The second kappa shape index (κ2) is 10.4. The van der Waals surface area contributed by atoms with E-state index in [0.29, 0.717) is 28.9 Å². The number of nitrogens with one attached hydrogen (secondary N) is 2. The van der Waals surface area contributed by atoms with Crippen LogP contribution in [0.4, 0.5) is 13.2 Å². The summed E-state index contributed by atoms with van der Waals surface area (Å²) in [6.45, 7) is 3.24. The fraction of sp³-hybridized carbons (Fsp3) is 0.280. The number of alkyl halides is 3. The average molecular weight is 515 g/mol. The van der Waals surface area contributed by atoms with Gasteiger partial charge in [0, 0.05) is 41.2 Å². The maximum Gasteiger partial charge on any atom is 0.433 e. The van der Waals surface area contributed by atoms with Crippen LogP contribution >= 0.6 is 0 Å². The normalized spacial score (nSPS) is 12.4. The minimum atomic E-state index is -4.76. The second-order valence-electron chi connectivity index (χ2n) is 8.23. The third-order valence-corrected chi connectivity index (χ3v) is 5.62. The number of aliphatic hydroxyl groups is 1. The van der Waals surface area contributed by atoms with Gasteiger partial charge in [-0.1, -0.05) is 12.1 Å². The smallest absolute Gasteiger partial charge is 0.433 e. The molecule has 0 spiro atoms. The van der Waals surface area contributed by atoms with E-state index in [4.69, 9.17) is 4.74 Å². The van der Waals surface area contributed by atoms with E-state index in [-0.39, 0.29) is 35.0 Å². The van der Waals surface area contributed by atoms with E-state index in [1.807, 2.05) is 0 Å². The average Bonchev–Trinajstić information content (AvgIpc) is 3.48. The van der Waals surface area contributed by atoms with Gasteiger partial charge < -0.3 is 20.1 Å². The molecule has 3 aromatic heterocycles. The largest absolute Gasteiger partial charge is 0.495 e. The van der Waals surface area contributed by atoms with Gasteiger partial charge in [-0.25, -0.2) is 9.97 Å². The van der Waals surface area contributed by atoms with E-state index >= 15 is 0 Å². The van der Waals surface area contributed by atoms with Gasteiger partial charge in [0.05, 0.1) is 42.9 Å². The Labute approximate surface area is 210 Å². The Morgan fingerprint density at radius 1 is 1.24 bits per heavy atom. The lowest BCUT2D eigenvalue weighted by molar-refractivity contribution is -0.144. The summed E-state index contributed by atoms with van der Waals surface area (Å²) in [6, 6.07) is 6.55. The minimum absolute atomic E-state index is 0.114. The predicted octanol–water partition coefficient (Wildman–Crippen LogP) is 4.16. The third-order valence-electron chi connectivity index (χ3n) is 5.62. The number of carbonyl (C=O) groups excluding carboxylic acids is 1. The number of carbonyl (C=O) groups is 1. The van der Waals surface area contributed by atoms with E-state index in [2.05, 4.69) is 25.4 Å². The van der Waals surface area contributed by atoms with Crippen molar-refractivity contribution < 1.29 is 27.8 Å². The van der Waals surface area contributed by atoms with Crippen molar-refractivity contribution >= 4 is 5.91 Å². The predicted molar refractivity (Wildman–Crippen MR) is 130 cm³/mol. The Bertz CT molecular complexity index is 1400. The van der Waals surface area contributed by atoms with Gasteiger partial charge in [0.2, 0.25) is 0 Å². The lowest BCUT2D eigenvalue weighted by Crippen LogP contribution is -2.23. The zero-order chi connectivity index (χ0) is 26.7. The number of benzene rings is 1. The molecule has 0 fully saturated rings. The number of aromatic nitrogens is 5. The summed E-state index contributed by atoms with van der Waals surface area (Å²) in [6.07, 6.45) is -0.389. The SMILES string of the molecule is CCNC(=O)c1cccc(-c2c[nH]c(-c3cnn(C[C@@H](C)O)c3C(F)(F)F)c2-c2ccncn2)c1OC. The summed E-state index contributed by atoms with van der Waals surface area (Å²) in [5, 5.41) is 16.4. The van der Waals surface area contributed by atoms with Crippen molar-refractivity contribution in [3.8, 4) is 39.4 Å². The summed E-state index contributed by atoms with van der Waals surface area (Å²) in [7, 11) is 1.42. The molecule has 0 aliphatic rings. The zero-order valence-electron chi connectivity index (χ0n) is 20.3. The van der Waals surface area contributed by atoms with Crippen molar-refractivity contribution in [2.45, 2.75) is 32.7 Å². The number of aromatic amines is 1. The van der Waals surface area contributed by atoms with Gasteiger partial charge in [-0.2, -0.15) is 18.3 Å². The maximum atomic E-state index is 14.2. The van der Waals surface area contributed by atoms with Gasteiger partial charge in [0.25, 0.3) is 5.91 Å². The molecule has 9 nitrogen and oxygen atoms in total. The molecule has 0 aliphatic carbocycles. The molecular formula is C25H25F3N6O3. The zero-order valence-corrected chi connectivity index (χ0v) is 20.3. The van der Waals surface area contributed by atoms with E-state index in [1.54, 1.807) is 31.2 Å². The van der Waals surface area contributed by atoms with E-state index in [9.17, 15) is 23.1 Å². The fourth-order valence-electron chi connectivity index (χ4n) is 4.21. The number of hydrogen-bond acceptors (Lipinski definition) is 6. The molecule has 194 valence electrons. The Balaban J connectivity index is 2.00. The van der Waals surface area contributed by atoms with Crippen LogP contribution in [0.1, 0.15) is 29.9 Å². The number of hydrogen-bond donors (Lipinski definition) is 3. The first-order valence-corrected chi connectivity index (χ1v) is 11.4. The first-order chi connectivity index (χ1) is 17.7. The molecule has 3 heterocycles. The second-order valence-corrected chi connectivity index (χ2v) is 8.23. The number of para-hydroxylation sites is 1. The maximum absolute atomic E-state index is 14.2. The van der Waals surface area contributed by atoms with Crippen LogP contribution in [0.2, 0.25) is 0 Å². The van der Waals surface area contributed by atoms with Crippen LogP contribution in [0.25, 0.3) is 33.6 Å². The highest BCUT2D eigenvalue weighted by Crippen LogP contribution is 2.46. The number of nitrogens with zero attached hydrogens (tertiary/aromatic N) is 4. The van der Waals surface area contributed by atoms with Crippen molar-refractivity contribution in [1.29, 1.82) is 0 Å². The Morgan fingerprint density at radius 3 is 2.65 bits per heavy atom. The molecule has 0 saturated carbocycles. The van der Waals surface area contributed by atoms with Crippen molar-refractivity contribution in [3.05, 3.63) is 60.4 Å². The summed E-state index contributed by atoms with van der Waals surface area (Å²) in [4.78, 5) is 23.8. The Morgan fingerprint density at radius 2 is 2.03 bits per heavy atom. The number of H-pyrrole nitrogens is 1. The molecule has 0 saturated heterocycles. The van der Waals surface area contributed by atoms with E-state index < -0.39 is 18.0 Å². The van der Waals surface area contributed by atoms with Crippen LogP contribution in [0.5, 0.6) is 5.75 Å². The van der Waals surface area contributed by atoms with Crippen LogP contribution in [-0.4, -0.2) is 55.5 Å². The highest BCUT2D eigenvalue weighted by atomic mass is 19.4. The highest BCUT2D eigenvalue weighted by Gasteiger charge is 2.40. The fourth-order valence-corrected chi connectivity index (χ4v) is 4.21. The molecule has 1 aromatic carbocycles. The number of halogens is 3. The molecule has 0 bridgehead atoms. The molecular weight excluding hydrogens is 489 g/mol. The summed E-state index contributed by atoms with van der Waals surface area (Å²) in [5.74, 6) is -0.0885. The molecule has 0 radical (unpaired) electrons. The standard InChI is InChI=1S/C25H25F3N6O3/c1-4-30-24(36)16-7-5-6-15(22(16)37-3)17-10-31-21(20(17)19-8-9-29-13-32-19)18-11-33-34(12-14(2)35)23(18)25(26,27)28/h5-11,13-14,31,35H,4,12H2,1-3H3,(H,30,36)/t14-/m1/s1. The number of aliphatic hydroxyl groups excluding tert-OH is 1. The molecule has 37 heavy (non-hydrogen) atoms. The van der Waals surface area contributed by atoms with Gasteiger partial charge in [-0.05, 0) is 26.0 Å². The van der Waals surface area contributed by atoms with Gasteiger partial charge in [-0.3, -0.25) is 9.48 Å². The van der Waals surface area contributed by atoms with E-state index in [1.165, 1.54) is 32.8 Å². The monoisotopic (exact) mass is 514 g/mol. The van der Waals surface area contributed by atoms with Crippen LogP contribution in [-0.2, 0) is 12.7 Å². The van der Waals surface area contributed by atoms with Crippen molar-refractivity contribution in [2.75, 3.05) is 13.7 Å².